The fourth-order valence-corrected chi connectivity index (χ4v) is 4.73. The van der Waals surface area contributed by atoms with Gasteiger partial charge >= 0.3 is 6.16 Å². The normalized spacial score (nSPS) is 16.0. The second kappa shape index (κ2) is 8.10. The number of fused-ring (bicyclic) bond motifs is 2. The fourth-order valence-electron chi connectivity index (χ4n) is 3.86. The first kappa shape index (κ1) is 19.7. The Morgan fingerprint density at radius 2 is 2.06 bits per heavy atom. The molecule has 0 atom stereocenters. The van der Waals surface area contributed by atoms with Gasteiger partial charge in [0.15, 0.2) is 11.5 Å². The molecule has 9 nitrogen and oxygen atoms in total. The lowest BCUT2D eigenvalue weighted by Crippen LogP contribution is -2.38. The molecular weight excluding hydrogens is 420 g/mol. The van der Waals surface area contributed by atoms with Crippen molar-refractivity contribution in [1.29, 1.82) is 0 Å². The van der Waals surface area contributed by atoms with Gasteiger partial charge in [0.05, 0.1) is 5.39 Å². The van der Waals surface area contributed by atoms with Crippen LogP contribution in [0.4, 0.5) is 16.6 Å². The average molecular weight is 442 g/mol. The Kier molecular flexibility index (Phi) is 5.14. The number of ether oxygens (including phenoxy) is 3. The number of carbonyl (C=O) groups is 1. The third-order valence-electron chi connectivity index (χ3n) is 5.39. The van der Waals surface area contributed by atoms with Crippen LogP contribution in [0.15, 0.2) is 24.3 Å². The van der Waals surface area contributed by atoms with Gasteiger partial charge in [0.1, 0.15) is 16.8 Å². The van der Waals surface area contributed by atoms with Crippen molar-refractivity contribution >= 4 is 39.5 Å². The molecule has 0 aliphatic carbocycles. The number of nitrogens with zero attached hydrogens (tertiary/aromatic N) is 3. The summed E-state index contributed by atoms with van der Waals surface area (Å²) < 4.78 is 15.8. The molecule has 0 unspecified atom stereocenters. The maximum atomic E-state index is 10.8. The van der Waals surface area contributed by atoms with Crippen molar-refractivity contribution in [1.82, 2.24) is 9.97 Å². The zero-order valence-corrected chi connectivity index (χ0v) is 17.8. The molecule has 10 heteroatoms. The monoisotopic (exact) mass is 442 g/mol. The molecule has 162 valence electrons. The number of thiophene rings is 1. The van der Waals surface area contributed by atoms with Crippen LogP contribution in [0.2, 0.25) is 0 Å². The Morgan fingerprint density at radius 1 is 1.26 bits per heavy atom. The number of aromatic nitrogens is 2. The summed E-state index contributed by atoms with van der Waals surface area (Å²) in [5.41, 5.74) is 1.07. The van der Waals surface area contributed by atoms with E-state index in [2.05, 4.69) is 23.2 Å². The van der Waals surface area contributed by atoms with Crippen LogP contribution in [0.3, 0.4) is 0 Å². The van der Waals surface area contributed by atoms with E-state index < -0.39 is 6.16 Å². The van der Waals surface area contributed by atoms with Crippen molar-refractivity contribution in [3.05, 3.63) is 34.7 Å². The molecule has 2 aliphatic heterocycles. The largest absolute Gasteiger partial charge is 0.506 e. The smallest absolute Gasteiger partial charge is 0.454 e. The Hall–Kier alpha value is -3.27. The summed E-state index contributed by atoms with van der Waals surface area (Å²) in [5.74, 6) is 2.95. The van der Waals surface area contributed by atoms with Crippen LogP contribution in [-0.2, 0) is 11.3 Å². The van der Waals surface area contributed by atoms with Crippen LogP contribution in [0.25, 0.3) is 10.2 Å². The molecule has 0 bridgehead atoms. The molecule has 0 saturated carbocycles. The summed E-state index contributed by atoms with van der Waals surface area (Å²) in [6, 6.07) is 7.99. The van der Waals surface area contributed by atoms with Crippen LogP contribution in [-0.4, -0.2) is 47.2 Å². The molecule has 0 spiro atoms. The van der Waals surface area contributed by atoms with Crippen LogP contribution in [0, 0.1) is 6.92 Å². The van der Waals surface area contributed by atoms with Gasteiger partial charge in [-0.15, -0.1) is 11.3 Å². The molecule has 2 N–H and O–H groups in total. The fraction of sp³-hybridized carbons (Fsp3) is 0.381. The highest BCUT2D eigenvalue weighted by Gasteiger charge is 2.25. The highest BCUT2D eigenvalue weighted by atomic mass is 32.1. The van der Waals surface area contributed by atoms with E-state index in [1.807, 2.05) is 18.2 Å². The van der Waals surface area contributed by atoms with Crippen molar-refractivity contribution in [2.24, 2.45) is 0 Å². The van der Waals surface area contributed by atoms with E-state index in [4.69, 9.17) is 29.3 Å². The summed E-state index contributed by atoms with van der Waals surface area (Å²) in [6.45, 7) is 4.20. The highest BCUT2D eigenvalue weighted by Crippen LogP contribution is 2.34. The second-order valence-electron chi connectivity index (χ2n) is 7.56. The molecular formula is C21H22N4O5S. The number of nitrogens with one attached hydrogen (secondary N) is 1. The van der Waals surface area contributed by atoms with Gasteiger partial charge in [-0.3, -0.25) is 0 Å². The summed E-state index contributed by atoms with van der Waals surface area (Å²) >= 11 is 1.63. The van der Waals surface area contributed by atoms with Crippen molar-refractivity contribution < 1.29 is 24.1 Å². The van der Waals surface area contributed by atoms with Crippen LogP contribution < -0.4 is 19.7 Å². The van der Waals surface area contributed by atoms with Crippen molar-refractivity contribution in [2.75, 3.05) is 30.1 Å². The van der Waals surface area contributed by atoms with E-state index in [-0.39, 0.29) is 12.9 Å². The predicted molar refractivity (Wildman–Crippen MR) is 116 cm³/mol. The molecule has 0 radical (unpaired) electrons. The van der Waals surface area contributed by atoms with Gasteiger partial charge in [0.2, 0.25) is 12.7 Å². The van der Waals surface area contributed by atoms with Gasteiger partial charge in [0, 0.05) is 37.4 Å². The lowest BCUT2D eigenvalue weighted by atomic mass is 10.1. The zero-order chi connectivity index (χ0) is 21.4. The van der Waals surface area contributed by atoms with Crippen LogP contribution in [0.5, 0.6) is 11.5 Å². The van der Waals surface area contributed by atoms with E-state index in [0.29, 0.717) is 38.4 Å². The van der Waals surface area contributed by atoms with Gasteiger partial charge in [-0.25, -0.2) is 9.78 Å². The number of anilines is 2. The Morgan fingerprint density at radius 3 is 2.87 bits per heavy atom. The Bertz CT molecular complexity index is 1130. The minimum Gasteiger partial charge on any atom is -0.454 e. The first-order valence-corrected chi connectivity index (χ1v) is 10.9. The number of hydrogen-bond donors (Lipinski definition) is 2. The summed E-state index contributed by atoms with van der Waals surface area (Å²) in [4.78, 5) is 24.5. The third-order valence-corrected chi connectivity index (χ3v) is 6.34. The molecule has 1 fully saturated rings. The van der Waals surface area contributed by atoms with E-state index in [1.54, 1.807) is 11.3 Å². The first-order chi connectivity index (χ1) is 15.0. The Balaban J connectivity index is 1.36. The van der Waals surface area contributed by atoms with E-state index >= 15 is 0 Å². The first-order valence-electron chi connectivity index (χ1n) is 10.1. The molecule has 31 heavy (non-hydrogen) atoms. The van der Waals surface area contributed by atoms with E-state index in [0.717, 1.165) is 33.1 Å². The van der Waals surface area contributed by atoms with Gasteiger partial charge in [-0.1, -0.05) is 6.07 Å². The number of rotatable bonds is 5. The van der Waals surface area contributed by atoms with Gasteiger partial charge in [0.25, 0.3) is 0 Å². The van der Waals surface area contributed by atoms with Crippen LogP contribution >= 0.6 is 11.3 Å². The summed E-state index contributed by atoms with van der Waals surface area (Å²) in [5, 5.41) is 13.3. The number of carboxylic acid groups (broad SMARTS) is 1. The van der Waals surface area contributed by atoms with Gasteiger partial charge in [-0.05, 0) is 30.7 Å². The van der Waals surface area contributed by atoms with Gasteiger partial charge in [-0.2, -0.15) is 4.98 Å². The Labute approximate surface area is 182 Å². The lowest BCUT2D eigenvalue weighted by Gasteiger charge is -2.31. The molecule has 2 aliphatic rings. The van der Waals surface area contributed by atoms with Crippen molar-refractivity contribution in [2.45, 2.75) is 32.4 Å². The minimum absolute atomic E-state index is 0.254. The predicted octanol–water partition coefficient (Wildman–Crippen LogP) is 4.00. The number of aryl methyl sites for hydroxylation is 1. The molecule has 0 amide bonds. The average Bonchev–Trinajstić information content (AvgIpc) is 3.37. The van der Waals surface area contributed by atoms with E-state index in [9.17, 15) is 4.79 Å². The maximum Gasteiger partial charge on any atom is 0.506 e. The molecule has 3 aromatic rings. The second-order valence-corrected chi connectivity index (χ2v) is 8.79. The standard InChI is InChI=1S/C21H22N4O5S/c1-12-8-15-18(22-10-13-2-3-16-17(9-13)29-11-28-16)23-20(24-19(15)31-12)25-6-4-14(5-7-25)30-21(26)27/h2-3,8-9,14H,4-7,10-11H2,1H3,(H,26,27)(H,22,23,24). The molecule has 2 aromatic heterocycles. The quantitative estimate of drug-likeness (QED) is 0.567. The van der Waals surface area contributed by atoms with Crippen molar-refractivity contribution in [3.8, 4) is 11.5 Å². The zero-order valence-electron chi connectivity index (χ0n) is 17.0. The van der Waals surface area contributed by atoms with Gasteiger partial charge < -0.3 is 29.5 Å². The molecule has 5 rings (SSSR count). The summed E-state index contributed by atoms with van der Waals surface area (Å²) in [7, 11) is 0. The molecule has 1 saturated heterocycles. The lowest BCUT2D eigenvalue weighted by molar-refractivity contribution is 0.0415. The highest BCUT2D eigenvalue weighted by molar-refractivity contribution is 7.18. The van der Waals surface area contributed by atoms with Crippen LogP contribution in [0.1, 0.15) is 23.3 Å². The summed E-state index contributed by atoms with van der Waals surface area (Å²) in [6.07, 6.45) is -0.251. The SMILES string of the molecule is Cc1cc2c(NCc3ccc4c(c3)OCO4)nc(N3CCC(OC(=O)O)CC3)nc2s1. The minimum atomic E-state index is -1.22. The molecule has 1 aromatic carbocycles. The number of benzene rings is 1. The number of piperidine rings is 1. The number of hydrogen-bond acceptors (Lipinski definition) is 9. The van der Waals surface area contributed by atoms with Crippen molar-refractivity contribution in [3.63, 3.8) is 0 Å². The maximum absolute atomic E-state index is 10.8. The topological polar surface area (TPSA) is 106 Å². The molecule has 4 heterocycles. The van der Waals surface area contributed by atoms with E-state index in [1.165, 1.54) is 4.88 Å². The third kappa shape index (κ3) is 4.15.